The summed E-state index contributed by atoms with van der Waals surface area (Å²) >= 11 is 2.31. The maximum absolute atomic E-state index is 13.4. The third kappa shape index (κ3) is 2.97. The Bertz CT molecular complexity index is 574. The number of alkyl halides is 10. The van der Waals surface area contributed by atoms with E-state index in [9.17, 15) is 43.9 Å². The maximum atomic E-state index is 13.4. The van der Waals surface area contributed by atoms with Gasteiger partial charge in [-0.05, 0) is 28.1 Å². The lowest BCUT2D eigenvalue weighted by molar-refractivity contribution is -0.359. The van der Waals surface area contributed by atoms with Crippen LogP contribution in [-0.4, -0.2) is 12.1 Å². The molecule has 0 heterocycles. The van der Waals surface area contributed by atoms with Gasteiger partial charge in [0.2, 0.25) is 0 Å². The summed E-state index contributed by atoms with van der Waals surface area (Å²) in [5, 5.41) is 0. The van der Waals surface area contributed by atoms with Crippen LogP contribution in [0.25, 0.3) is 0 Å². The van der Waals surface area contributed by atoms with Gasteiger partial charge in [-0.3, -0.25) is 0 Å². The second-order valence-corrected chi connectivity index (χ2v) is 4.92. The molecule has 0 aliphatic rings. The standard InChI is InChI=1S/C10H4BrF10N/c11-5-2-3(1-4(6(5)22)8(14,15)16)7(12,13)9(17,18)10(19,20)21/h1-2H,22H2. The molecule has 0 aromatic heterocycles. The first-order chi connectivity index (χ1) is 9.53. The van der Waals surface area contributed by atoms with E-state index in [1.54, 1.807) is 0 Å². The largest absolute Gasteiger partial charge is 0.460 e. The molecular formula is C10H4BrF10N. The predicted octanol–water partition coefficient (Wildman–Crippen LogP) is 5.34. The molecule has 22 heavy (non-hydrogen) atoms. The van der Waals surface area contributed by atoms with Crippen LogP contribution >= 0.6 is 15.9 Å². The fraction of sp³-hybridized carbons (Fsp3) is 0.400. The molecule has 0 bridgehead atoms. The second-order valence-electron chi connectivity index (χ2n) is 4.06. The number of rotatable bonds is 2. The Balaban J connectivity index is 3.61. The average molecular weight is 408 g/mol. The number of hydrogen-bond donors (Lipinski definition) is 1. The van der Waals surface area contributed by atoms with Crippen LogP contribution < -0.4 is 5.73 Å². The minimum Gasteiger partial charge on any atom is -0.397 e. The molecule has 12 heteroatoms. The first kappa shape index (κ1) is 18.8. The highest BCUT2D eigenvalue weighted by Crippen LogP contribution is 2.53. The Hall–Kier alpha value is -1.20. The van der Waals surface area contributed by atoms with Crippen molar-refractivity contribution in [2.24, 2.45) is 0 Å². The summed E-state index contributed by atoms with van der Waals surface area (Å²) in [6, 6.07) is -0.566. The fourth-order valence-electron chi connectivity index (χ4n) is 1.39. The van der Waals surface area contributed by atoms with Crippen molar-refractivity contribution < 1.29 is 43.9 Å². The first-order valence-corrected chi connectivity index (χ1v) is 5.82. The molecule has 0 amide bonds. The van der Waals surface area contributed by atoms with Gasteiger partial charge in [0.1, 0.15) is 0 Å². The summed E-state index contributed by atoms with van der Waals surface area (Å²) in [5.41, 5.74) is -0.310. The second kappa shape index (κ2) is 5.17. The van der Waals surface area contributed by atoms with Gasteiger partial charge in [0, 0.05) is 10.0 Å². The van der Waals surface area contributed by atoms with Gasteiger partial charge in [-0.1, -0.05) is 0 Å². The summed E-state index contributed by atoms with van der Waals surface area (Å²) in [6.07, 6.45) is -12.0. The molecule has 1 aromatic rings. The van der Waals surface area contributed by atoms with Gasteiger partial charge in [0.15, 0.2) is 0 Å². The van der Waals surface area contributed by atoms with Crippen LogP contribution in [0.4, 0.5) is 49.6 Å². The molecule has 0 aliphatic carbocycles. The van der Waals surface area contributed by atoms with E-state index in [0.29, 0.717) is 0 Å². The summed E-state index contributed by atoms with van der Waals surface area (Å²) in [5.74, 6) is -12.5. The van der Waals surface area contributed by atoms with Gasteiger partial charge in [0.25, 0.3) is 0 Å². The van der Waals surface area contributed by atoms with Crippen LogP contribution in [-0.2, 0) is 12.1 Å². The zero-order chi connectivity index (χ0) is 17.7. The van der Waals surface area contributed by atoms with Gasteiger partial charge in [-0.2, -0.15) is 43.9 Å². The minimum atomic E-state index is -6.66. The number of halogens is 11. The SMILES string of the molecule is Nc1c(Br)cc(C(F)(F)C(F)(F)C(F)(F)F)cc1C(F)(F)F. The van der Waals surface area contributed by atoms with E-state index in [0.717, 1.165) is 0 Å². The first-order valence-electron chi connectivity index (χ1n) is 5.02. The molecule has 0 radical (unpaired) electrons. The summed E-state index contributed by atoms with van der Waals surface area (Å²) in [7, 11) is 0. The van der Waals surface area contributed by atoms with Crippen LogP contribution in [0.15, 0.2) is 16.6 Å². The maximum Gasteiger partial charge on any atom is 0.460 e. The molecule has 1 rings (SSSR count). The van der Waals surface area contributed by atoms with Gasteiger partial charge in [-0.15, -0.1) is 0 Å². The fourth-order valence-corrected chi connectivity index (χ4v) is 1.85. The lowest BCUT2D eigenvalue weighted by atomic mass is 9.98. The van der Waals surface area contributed by atoms with E-state index < -0.39 is 51.6 Å². The van der Waals surface area contributed by atoms with E-state index in [2.05, 4.69) is 15.9 Å². The Morgan fingerprint density at radius 2 is 1.27 bits per heavy atom. The molecule has 0 saturated heterocycles. The van der Waals surface area contributed by atoms with Gasteiger partial charge < -0.3 is 5.73 Å². The Morgan fingerprint density at radius 1 is 0.818 bits per heavy atom. The van der Waals surface area contributed by atoms with Crippen molar-refractivity contribution in [2.75, 3.05) is 5.73 Å². The third-order valence-electron chi connectivity index (χ3n) is 2.55. The van der Waals surface area contributed by atoms with E-state index in [1.165, 1.54) is 0 Å². The highest BCUT2D eigenvalue weighted by atomic mass is 79.9. The van der Waals surface area contributed by atoms with Gasteiger partial charge in [-0.25, -0.2) is 0 Å². The molecule has 0 spiro atoms. The molecule has 0 saturated carbocycles. The van der Waals surface area contributed by atoms with E-state index >= 15 is 0 Å². The predicted molar refractivity (Wildman–Crippen MR) is 58.5 cm³/mol. The van der Waals surface area contributed by atoms with Crippen LogP contribution in [0.1, 0.15) is 11.1 Å². The van der Waals surface area contributed by atoms with Crippen LogP contribution in [0.2, 0.25) is 0 Å². The van der Waals surface area contributed by atoms with Crippen molar-refractivity contribution in [1.29, 1.82) is 0 Å². The smallest absolute Gasteiger partial charge is 0.397 e. The summed E-state index contributed by atoms with van der Waals surface area (Å²) in [4.78, 5) is 0. The highest BCUT2D eigenvalue weighted by Gasteiger charge is 2.73. The van der Waals surface area contributed by atoms with Crippen molar-refractivity contribution in [3.05, 3.63) is 27.7 Å². The summed E-state index contributed by atoms with van der Waals surface area (Å²) in [6.45, 7) is 0. The average Bonchev–Trinajstić information content (AvgIpc) is 2.28. The van der Waals surface area contributed by atoms with E-state index in [4.69, 9.17) is 5.73 Å². The third-order valence-corrected chi connectivity index (χ3v) is 3.20. The van der Waals surface area contributed by atoms with Gasteiger partial charge >= 0.3 is 24.2 Å². The summed E-state index contributed by atoms with van der Waals surface area (Å²) < 4.78 is 125. The molecule has 0 atom stereocenters. The van der Waals surface area contributed by atoms with Crippen molar-refractivity contribution in [1.82, 2.24) is 0 Å². The van der Waals surface area contributed by atoms with Crippen LogP contribution in [0, 0.1) is 0 Å². The molecule has 126 valence electrons. The minimum absolute atomic E-state index is 0.0236. The lowest BCUT2D eigenvalue weighted by Gasteiger charge is -2.29. The quantitative estimate of drug-likeness (QED) is 0.519. The molecular weight excluding hydrogens is 404 g/mol. The topological polar surface area (TPSA) is 26.0 Å². The number of benzene rings is 1. The van der Waals surface area contributed by atoms with E-state index in [-0.39, 0.29) is 6.07 Å². The van der Waals surface area contributed by atoms with Crippen LogP contribution in [0.5, 0.6) is 0 Å². The molecule has 0 fully saturated rings. The lowest BCUT2D eigenvalue weighted by Crippen LogP contribution is -2.50. The van der Waals surface area contributed by atoms with E-state index in [1.807, 2.05) is 0 Å². The zero-order valence-electron chi connectivity index (χ0n) is 9.89. The Morgan fingerprint density at radius 3 is 1.64 bits per heavy atom. The van der Waals surface area contributed by atoms with Crippen LogP contribution in [0.3, 0.4) is 0 Å². The number of hydrogen-bond acceptors (Lipinski definition) is 1. The molecule has 2 N–H and O–H groups in total. The van der Waals surface area contributed by atoms with Crippen molar-refractivity contribution in [2.45, 2.75) is 24.2 Å². The highest BCUT2D eigenvalue weighted by molar-refractivity contribution is 9.10. The number of nitrogens with two attached hydrogens (primary N) is 1. The monoisotopic (exact) mass is 407 g/mol. The van der Waals surface area contributed by atoms with Crippen molar-refractivity contribution >= 4 is 21.6 Å². The zero-order valence-corrected chi connectivity index (χ0v) is 11.5. The normalized spacial score (nSPS) is 14.3. The number of nitrogen functional groups attached to an aromatic ring is 1. The Labute approximate surface area is 124 Å². The van der Waals surface area contributed by atoms with Gasteiger partial charge in [0.05, 0.1) is 11.3 Å². The Kier molecular flexibility index (Phi) is 4.43. The molecule has 1 nitrogen and oxygen atoms in total. The van der Waals surface area contributed by atoms with Crippen molar-refractivity contribution in [3.63, 3.8) is 0 Å². The molecule has 0 aliphatic heterocycles. The molecule has 0 unspecified atom stereocenters. The molecule has 1 aromatic carbocycles. The number of anilines is 1. The van der Waals surface area contributed by atoms with Crippen molar-refractivity contribution in [3.8, 4) is 0 Å².